The van der Waals surface area contributed by atoms with Crippen LogP contribution < -0.4 is 9.92 Å². The maximum Gasteiger partial charge on any atom is 0.125 e. The Kier molecular flexibility index (Phi) is 4.34. The van der Waals surface area contributed by atoms with Crippen LogP contribution in [0.2, 0.25) is 19.6 Å². The van der Waals surface area contributed by atoms with Crippen molar-refractivity contribution >= 4 is 13.3 Å². The fourth-order valence-corrected chi connectivity index (χ4v) is 3.45. The summed E-state index contributed by atoms with van der Waals surface area (Å²) in [6.07, 6.45) is 0. The van der Waals surface area contributed by atoms with Crippen LogP contribution in [0.5, 0.6) is 5.75 Å². The lowest BCUT2D eigenvalue weighted by Crippen LogP contribution is -2.37. The number of para-hydroxylation sites is 1. The van der Waals surface area contributed by atoms with Gasteiger partial charge in [-0.05, 0) is 30.5 Å². The van der Waals surface area contributed by atoms with Gasteiger partial charge in [0.2, 0.25) is 0 Å². The summed E-state index contributed by atoms with van der Waals surface area (Å²) in [4.78, 5) is 0. The van der Waals surface area contributed by atoms with Crippen LogP contribution in [-0.2, 0) is 6.61 Å². The third kappa shape index (κ3) is 3.51. The lowest BCUT2D eigenvalue weighted by Gasteiger charge is -2.17. The third-order valence-electron chi connectivity index (χ3n) is 3.61. The number of ether oxygens (including phenoxy) is 1. The van der Waals surface area contributed by atoms with Crippen LogP contribution in [0.1, 0.15) is 16.7 Å². The summed E-state index contributed by atoms with van der Waals surface area (Å²) < 4.78 is 5.99. The molecule has 0 atom stereocenters. The van der Waals surface area contributed by atoms with Gasteiger partial charge in [0.15, 0.2) is 0 Å². The Balaban J connectivity index is 2.08. The van der Waals surface area contributed by atoms with Gasteiger partial charge in [-0.25, -0.2) is 0 Å². The molecule has 0 heterocycles. The highest BCUT2D eigenvalue weighted by molar-refractivity contribution is 6.88. The van der Waals surface area contributed by atoms with Crippen molar-refractivity contribution in [2.24, 2.45) is 0 Å². The van der Waals surface area contributed by atoms with E-state index in [-0.39, 0.29) is 0 Å². The molecule has 2 aromatic carbocycles. The summed E-state index contributed by atoms with van der Waals surface area (Å²) in [7, 11) is -1.20. The maximum atomic E-state index is 5.99. The lowest BCUT2D eigenvalue weighted by atomic mass is 10.1. The van der Waals surface area contributed by atoms with Crippen molar-refractivity contribution in [3.8, 4) is 5.75 Å². The monoisotopic (exact) mass is 284 g/mol. The largest absolute Gasteiger partial charge is 0.488 e. The van der Waals surface area contributed by atoms with E-state index in [1.807, 2.05) is 0 Å². The number of benzene rings is 2. The first-order chi connectivity index (χ1) is 9.38. The Morgan fingerprint density at radius 2 is 1.40 bits per heavy atom. The molecule has 1 nitrogen and oxygen atoms in total. The van der Waals surface area contributed by atoms with Crippen molar-refractivity contribution < 1.29 is 4.74 Å². The van der Waals surface area contributed by atoms with Gasteiger partial charge in [0.25, 0.3) is 0 Å². The van der Waals surface area contributed by atoms with Crippen LogP contribution in [0.3, 0.4) is 0 Å². The molecule has 2 heteroatoms. The molecule has 0 amide bonds. The van der Waals surface area contributed by atoms with E-state index >= 15 is 0 Å². The summed E-state index contributed by atoms with van der Waals surface area (Å²) in [5.74, 6) is 1.02. The molecule has 0 aliphatic heterocycles. The van der Waals surface area contributed by atoms with E-state index in [4.69, 9.17) is 4.74 Å². The first kappa shape index (κ1) is 14.9. The molecule has 2 rings (SSSR count). The molecule has 0 aliphatic rings. The molecule has 0 N–H and O–H groups in total. The second-order valence-corrected chi connectivity index (χ2v) is 11.5. The fourth-order valence-electron chi connectivity index (χ4n) is 2.28. The van der Waals surface area contributed by atoms with Crippen LogP contribution >= 0.6 is 0 Å². The van der Waals surface area contributed by atoms with Crippen LogP contribution in [-0.4, -0.2) is 8.07 Å². The first-order valence-corrected chi connectivity index (χ1v) is 10.7. The Morgan fingerprint density at radius 3 is 1.90 bits per heavy atom. The minimum absolute atomic E-state index is 0.637. The standard InChI is InChI=1S/C18H24OSi/c1-14-7-6-8-15(2)18(14)19-13-16-9-11-17(12-10-16)20(3,4)5/h6-12H,13H2,1-5H3. The molecule has 0 bridgehead atoms. The molecule has 0 unspecified atom stereocenters. The van der Waals surface area contributed by atoms with Gasteiger partial charge in [-0.1, -0.05) is 67.3 Å². The van der Waals surface area contributed by atoms with Crippen molar-refractivity contribution in [2.45, 2.75) is 40.1 Å². The van der Waals surface area contributed by atoms with Gasteiger partial charge in [-0.2, -0.15) is 0 Å². The molecule has 0 radical (unpaired) electrons. The number of aryl methyl sites for hydroxylation is 2. The number of hydrogen-bond acceptors (Lipinski definition) is 1. The summed E-state index contributed by atoms with van der Waals surface area (Å²) in [6.45, 7) is 11.9. The van der Waals surface area contributed by atoms with Crippen LogP contribution in [0, 0.1) is 13.8 Å². The highest BCUT2D eigenvalue weighted by Crippen LogP contribution is 2.23. The van der Waals surface area contributed by atoms with Gasteiger partial charge in [0, 0.05) is 0 Å². The van der Waals surface area contributed by atoms with E-state index in [1.165, 1.54) is 21.9 Å². The predicted octanol–water partition coefficient (Wildman–Crippen LogP) is 4.43. The number of hydrogen-bond donors (Lipinski definition) is 0. The molecule has 0 saturated heterocycles. The summed E-state index contributed by atoms with van der Waals surface area (Å²) >= 11 is 0. The Labute approximate surface area is 123 Å². The minimum Gasteiger partial charge on any atom is -0.488 e. The topological polar surface area (TPSA) is 9.23 Å². The average Bonchev–Trinajstić information content (AvgIpc) is 2.37. The van der Waals surface area contributed by atoms with Gasteiger partial charge < -0.3 is 4.74 Å². The predicted molar refractivity (Wildman–Crippen MR) is 89.7 cm³/mol. The summed E-state index contributed by atoms with van der Waals surface area (Å²) in [5, 5.41) is 1.49. The van der Waals surface area contributed by atoms with Crippen LogP contribution in [0.4, 0.5) is 0 Å². The van der Waals surface area contributed by atoms with E-state index < -0.39 is 8.07 Å². The Bertz CT molecular complexity index is 559. The SMILES string of the molecule is Cc1cccc(C)c1OCc1ccc([Si](C)(C)C)cc1. The summed E-state index contributed by atoms with van der Waals surface area (Å²) in [5.41, 5.74) is 3.63. The normalized spacial score (nSPS) is 11.4. The van der Waals surface area contributed by atoms with Crippen molar-refractivity contribution in [3.63, 3.8) is 0 Å². The zero-order valence-electron chi connectivity index (χ0n) is 13.2. The van der Waals surface area contributed by atoms with Crippen molar-refractivity contribution in [1.82, 2.24) is 0 Å². The van der Waals surface area contributed by atoms with Gasteiger partial charge in [0.1, 0.15) is 12.4 Å². The van der Waals surface area contributed by atoms with Crippen molar-refractivity contribution in [2.75, 3.05) is 0 Å². The molecule has 106 valence electrons. The second-order valence-electron chi connectivity index (χ2n) is 6.46. The first-order valence-electron chi connectivity index (χ1n) is 7.16. The minimum atomic E-state index is -1.20. The van der Waals surface area contributed by atoms with Crippen LogP contribution in [0.15, 0.2) is 42.5 Å². The Morgan fingerprint density at radius 1 is 0.850 bits per heavy atom. The molecule has 0 aliphatic carbocycles. The van der Waals surface area contributed by atoms with Crippen molar-refractivity contribution in [3.05, 3.63) is 59.2 Å². The molecule has 20 heavy (non-hydrogen) atoms. The lowest BCUT2D eigenvalue weighted by molar-refractivity contribution is 0.302. The third-order valence-corrected chi connectivity index (χ3v) is 5.68. The average molecular weight is 284 g/mol. The van der Waals surface area contributed by atoms with Crippen molar-refractivity contribution in [1.29, 1.82) is 0 Å². The van der Waals surface area contributed by atoms with Gasteiger partial charge in [-0.3, -0.25) is 0 Å². The zero-order chi connectivity index (χ0) is 14.8. The van der Waals surface area contributed by atoms with E-state index in [0.717, 1.165) is 5.75 Å². The Hall–Kier alpha value is -1.54. The highest BCUT2D eigenvalue weighted by atomic mass is 28.3. The molecule has 0 aromatic heterocycles. The van der Waals surface area contributed by atoms with E-state index in [0.29, 0.717) is 6.61 Å². The molecule has 2 aromatic rings. The summed E-state index contributed by atoms with van der Waals surface area (Å²) in [6, 6.07) is 15.2. The number of rotatable bonds is 4. The van der Waals surface area contributed by atoms with E-state index in [2.05, 4.69) is 76.0 Å². The molecule has 0 fully saturated rings. The fraction of sp³-hybridized carbons (Fsp3) is 0.333. The molecular weight excluding hydrogens is 260 g/mol. The van der Waals surface area contributed by atoms with Crippen LogP contribution in [0.25, 0.3) is 0 Å². The van der Waals surface area contributed by atoms with Gasteiger partial charge in [0.05, 0.1) is 8.07 Å². The van der Waals surface area contributed by atoms with E-state index in [1.54, 1.807) is 0 Å². The van der Waals surface area contributed by atoms with Gasteiger partial charge >= 0.3 is 0 Å². The second kappa shape index (κ2) is 5.84. The van der Waals surface area contributed by atoms with Gasteiger partial charge in [-0.15, -0.1) is 0 Å². The molecule has 0 saturated carbocycles. The maximum absolute atomic E-state index is 5.99. The zero-order valence-corrected chi connectivity index (χ0v) is 14.2. The molecular formula is C18H24OSi. The highest BCUT2D eigenvalue weighted by Gasteiger charge is 2.15. The quantitative estimate of drug-likeness (QED) is 0.755. The molecule has 0 spiro atoms. The van der Waals surface area contributed by atoms with E-state index in [9.17, 15) is 0 Å². The smallest absolute Gasteiger partial charge is 0.125 e.